The Balaban J connectivity index is 1.65. The highest BCUT2D eigenvalue weighted by molar-refractivity contribution is 6.04. The summed E-state index contributed by atoms with van der Waals surface area (Å²) < 4.78 is 1.75. The van der Waals surface area contributed by atoms with E-state index in [1.54, 1.807) is 17.1 Å². The molecule has 2 aromatic heterocycles. The number of hydrogen-bond donors (Lipinski definition) is 2. The minimum Gasteiger partial charge on any atom is -0.411 e. The molecule has 2 aliphatic carbocycles. The van der Waals surface area contributed by atoms with E-state index >= 15 is 0 Å². The second-order valence-corrected chi connectivity index (χ2v) is 7.68. The van der Waals surface area contributed by atoms with Gasteiger partial charge in [-0.05, 0) is 61.8 Å². The van der Waals surface area contributed by atoms with Gasteiger partial charge in [-0.1, -0.05) is 23.4 Å². The van der Waals surface area contributed by atoms with Gasteiger partial charge in [0.05, 0.1) is 5.71 Å². The van der Waals surface area contributed by atoms with Crippen molar-refractivity contribution in [3.8, 4) is 22.4 Å². The minimum atomic E-state index is -0.909. The molecule has 0 radical (unpaired) electrons. The first-order chi connectivity index (χ1) is 13.7. The number of nitrogens with zero attached hydrogens (tertiary/aromatic N) is 4. The standard InChI is InChI=1S/C22H22N4O2/c27-22(9-1-2-10-22)26-14-19(21(24-26)15-7-11-23-12-8-15)17-3-5-18-16(13-17)4-6-20(18)25-28/h3,5,7-8,11-14,27-28H,1-2,4,6,9-10H2. The quantitative estimate of drug-likeness (QED) is 0.537. The van der Waals surface area contributed by atoms with Crippen molar-refractivity contribution < 1.29 is 10.3 Å². The molecule has 142 valence electrons. The average molecular weight is 374 g/mol. The highest BCUT2D eigenvalue weighted by atomic mass is 16.4. The first-order valence-electron chi connectivity index (χ1n) is 9.75. The SMILES string of the molecule is ON=C1CCc2cc(-c3cn(C4(O)CCCC4)nc3-c3ccncc3)ccc21. The third kappa shape index (κ3) is 2.72. The minimum absolute atomic E-state index is 0.727. The van der Waals surface area contributed by atoms with E-state index in [1.807, 2.05) is 30.5 Å². The molecule has 0 atom stereocenters. The zero-order valence-electron chi connectivity index (χ0n) is 15.5. The number of hydrogen-bond acceptors (Lipinski definition) is 5. The molecule has 5 rings (SSSR count). The molecular formula is C22H22N4O2. The molecule has 3 aromatic rings. The van der Waals surface area contributed by atoms with Gasteiger partial charge in [-0.15, -0.1) is 0 Å². The lowest BCUT2D eigenvalue weighted by atomic mass is 9.98. The van der Waals surface area contributed by atoms with Crippen molar-refractivity contribution in [3.05, 3.63) is 60.0 Å². The molecular weight excluding hydrogens is 352 g/mol. The third-order valence-electron chi connectivity index (χ3n) is 5.98. The van der Waals surface area contributed by atoms with Crippen LogP contribution < -0.4 is 0 Å². The second kappa shape index (κ2) is 6.56. The van der Waals surface area contributed by atoms with Crippen LogP contribution in [0.25, 0.3) is 22.4 Å². The number of oxime groups is 1. The summed E-state index contributed by atoms with van der Waals surface area (Å²) in [6, 6.07) is 10.1. The van der Waals surface area contributed by atoms with Crippen molar-refractivity contribution in [1.82, 2.24) is 14.8 Å². The number of aromatic nitrogens is 3. The molecule has 0 aliphatic heterocycles. The topological polar surface area (TPSA) is 83.5 Å². The highest BCUT2D eigenvalue weighted by Gasteiger charge is 2.35. The fourth-order valence-electron chi connectivity index (χ4n) is 4.43. The molecule has 0 amide bonds. The van der Waals surface area contributed by atoms with E-state index in [0.717, 1.165) is 72.2 Å². The molecule has 0 unspecified atom stereocenters. The van der Waals surface area contributed by atoms with Crippen molar-refractivity contribution in [2.45, 2.75) is 44.2 Å². The van der Waals surface area contributed by atoms with Crippen molar-refractivity contribution >= 4 is 5.71 Å². The van der Waals surface area contributed by atoms with E-state index in [1.165, 1.54) is 5.56 Å². The first-order valence-corrected chi connectivity index (χ1v) is 9.75. The van der Waals surface area contributed by atoms with Gasteiger partial charge in [-0.25, -0.2) is 4.68 Å². The maximum Gasteiger partial charge on any atom is 0.157 e. The van der Waals surface area contributed by atoms with Crippen LogP contribution in [0, 0.1) is 0 Å². The number of pyridine rings is 1. The summed E-state index contributed by atoms with van der Waals surface area (Å²) >= 11 is 0. The van der Waals surface area contributed by atoms with Crippen molar-refractivity contribution in [2.75, 3.05) is 0 Å². The maximum atomic E-state index is 11.1. The first kappa shape index (κ1) is 17.1. The van der Waals surface area contributed by atoms with Crippen LogP contribution in [0.15, 0.2) is 54.1 Å². The van der Waals surface area contributed by atoms with E-state index in [2.05, 4.69) is 16.2 Å². The molecule has 0 bridgehead atoms. The Bertz CT molecular complexity index is 1050. The summed E-state index contributed by atoms with van der Waals surface area (Å²) in [5, 5.41) is 28.5. The molecule has 0 saturated heterocycles. The summed E-state index contributed by atoms with van der Waals surface area (Å²) in [6.45, 7) is 0. The molecule has 28 heavy (non-hydrogen) atoms. The zero-order chi connectivity index (χ0) is 19.1. The number of aryl methyl sites for hydroxylation is 1. The summed E-state index contributed by atoms with van der Waals surface area (Å²) in [4.78, 5) is 4.12. The molecule has 6 heteroatoms. The van der Waals surface area contributed by atoms with E-state index in [4.69, 9.17) is 5.10 Å². The molecule has 2 N–H and O–H groups in total. The smallest absolute Gasteiger partial charge is 0.157 e. The maximum absolute atomic E-state index is 11.1. The second-order valence-electron chi connectivity index (χ2n) is 7.68. The normalized spacial score (nSPS) is 19.2. The van der Waals surface area contributed by atoms with Crippen LogP contribution in [-0.2, 0) is 12.1 Å². The molecule has 6 nitrogen and oxygen atoms in total. The fourth-order valence-corrected chi connectivity index (χ4v) is 4.43. The Kier molecular flexibility index (Phi) is 4.02. The van der Waals surface area contributed by atoms with Crippen LogP contribution in [0.5, 0.6) is 0 Å². The van der Waals surface area contributed by atoms with E-state index in [0.29, 0.717) is 0 Å². The fraction of sp³-hybridized carbons (Fsp3) is 0.318. The predicted molar refractivity (Wildman–Crippen MR) is 106 cm³/mol. The van der Waals surface area contributed by atoms with Gasteiger partial charge in [-0.3, -0.25) is 4.98 Å². The Morgan fingerprint density at radius 1 is 0.964 bits per heavy atom. The van der Waals surface area contributed by atoms with Gasteiger partial charge >= 0.3 is 0 Å². The number of benzene rings is 1. The number of aliphatic hydroxyl groups is 1. The van der Waals surface area contributed by atoms with Gasteiger partial charge in [0.15, 0.2) is 5.72 Å². The van der Waals surface area contributed by atoms with Crippen LogP contribution in [-0.4, -0.2) is 30.8 Å². The largest absolute Gasteiger partial charge is 0.411 e. The lowest BCUT2D eigenvalue weighted by Crippen LogP contribution is -2.30. The molecule has 1 saturated carbocycles. The van der Waals surface area contributed by atoms with E-state index in [9.17, 15) is 10.3 Å². The molecule has 2 heterocycles. The molecule has 2 aliphatic rings. The van der Waals surface area contributed by atoms with Crippen LogP contribution >= 0.6 is 0 Å². The monoisotopic (exact) mass is 374 g/mol. The highest BCUT2D eigenvalue weighted by Crippen LogP contribution is 2.39. The molecule has 0 spiro atoms. The van der Waals surface area contributed by atoms with Crippen LogP contribution in [0.2, 0.25) is 0 Å². The van der Waals surface area contributed by atoms with Crippen molar-refractivity contribution in [2.24, 2.45) is 5.16 Å². The van der Waals surface area contributed by atoms with Gasteiger partial charge in [0.1, 0.15) is 5.69 Å². The van der Waals surface area contributed by atoms with E-state index < -0.39 is 5.72 Å². The van der Waals surface area contributed by atoms with Crippen LogP contribution in [0.1, 0.15) is 43.2 Å². The number of rotatable bonds is 3. The van der Waals surface area contributed by atoms with E-state index in [-0.39, 0.29) is 0 Å². The Morgan fingerprint density at radius 2 is 1.75 bits per heavy atom. The third-order valence-corrected chi connectivity index (χ3v) is 5.98. The van der Waals surface area contributed by atoms with Gasteiger partial charge in [-0.2, -0.15) is 5.10 Å². The average Bonchev–Trinajstić information content (AvgIpc) is 3.46. The van der Waals surface area contributed by atoms with Gasteiger partial charge < -0.3 is 10.3 Å². The molecule has 1 fully saturated rings. The van der Waals surface area contributed by atoms with Gasteiger partial charge in [0.2, 0.25) is 0 Å². The number of fused-ring (bicyclic) bond motifs is 1. The van der Waals surface area contributed by atoms with Crippen LogP contribution in [0.4, 0.5) is 0 Å². The predicted octanol–water partition coefficient (Wildman–Crippen LogP) is 3.96. The molecule has 1 aromatic carbocycles. The summed E-state index contributed by atoms with van der Waals surface area (Å²) in [5.74, 6) is 0. The zero-order valence-corrected chi connectivity index (χ0v) is 15.5. The van der Waals surface area contributed by atoms with Crippen molar-refractivity contribution in [3.63, 3.8) is 0 Å². The van der Waals surface area contributed by atoms with Crippen molar-refractivity contribution in [1.29, 1.82) is 0 Å². The Hall–Kier alpha value is -2.99. The lowest BCUT2D eigenvalue weighted by molar-refractivity contribution is -0.0416. The van der Waals surface area contributed by atoms with Gasteiger partial charge in [0.25, 0.3) is 0 Å². The Labute approximate surface area is 163 Å². The van der Waals surface area contributed by atoms with Crippen LogP contribution in [0.3, 0.4) is 0 Å². The lowest BCUT2D eigenvalue weighted by Gasteiger charge is -2.22. The van der Waals surface area contributed by atoms with Gasteiger partial charge in [0, 0.05) is 35.3 Å². The summed E-state index contributed by atoms with van der Waals surface area (Å²) in [7, 11) is 0. The summed E-state index contributed by atoms with van der Waals surface area (Å²) in [6.07, 6.45) is 10.6. The summed E-state index contributed by atoms with van der Waals surface area (Å²) in [5.41, 5.74) is 5.89. The Morgan fingerprint density at radius 3 is 2.50 bits per heavy atom.